The molecule has 0 aliphatic carbocycles. The third-order valence-electron chi connectivity index (χ3n) is 2.56. The summed E-state index contributed by atoms with van der Waals surface area (Å²) in [5, 5.41) is 2.63. The molecule has 0 bridgehead atoms. The van der Waals surface area contributed by atoms with Gasteiger partial charge in [0.15, 0.2) is 27.1 Å². The number of ketones is 1. The number of likely N-dealkylation sites (N-methyl/N-ethyl adjacent to an activating group) is 1. The number of ether oxygens (including phenoxy) is 2. The number of hydrogen-bond acceptors (Lipinski definition) is 6. The minimum atomic E-state index is -3.87. The molecular formula is C12H16FNO5S. The number of carbonyl (C=O) groups is 1. The zero-order chi connectivity index (χ0) is 15.5. The van der Waals surface area contributed by atoms with E-state index in [9.17, 15) is 17.6 Å². The fourth-order valence-electron chi connectivity index (χ4n) is 1.79. The first-order valence-electron chi connectivity index (χ1n) is 5.60. The molecule has 1 N–H and O–H groups in total. The van der Waals surface area contributed by atoms with E-state index in [4.69, 9.17) is 9.47 Å². The minimum absolute atomic E-state index is 0.0445. The van der Waals surface area contributed by atoms with Crippen LogP contribution in [0.2, 0.25) is 0 Å². The first-order chi connectivity index (χ1) is 9.27. The number of rotatable bonds is 6. The SMILES string of the molecule is CNCC(=O)c1cc(F)c(S(C)(=O)=O)c(OC)c1OC. The van der Waals surface area contributed by atoms with Crippen molar-refractivity contribution in [2.24, 2.45) is 0 Å². The average molecular weight is 305 g/mol. The quantitative estimate of drug-likeness (QED) is 0.777. The number of methoxy groups -OCH3 is 2. The Bertz CT molecular complexity index is 627. The summed E-state index contributed by atoms with van der Waals surface area (Å²) in [6.07, 6.45) is 0.850. The van der Waals surface area contributed by atoms with Gasteiger partial charge in [-0.2, -0.15) is 0 Å². The minimum Gasteiger partial charge on any atom is -0.492 e. The number of benzene rings is 1. The van der Waals surface area contributed by atoms with Crippen molar-refractivity contribution in [3.05, 3.63) is 17.4 Å². The van der Waals surface area contributed by atoms with Crippen LogP contribution in [-0.2, 0) is 9.84 Å². The van der Waals surface area contributed by atoms with Crippen molar-refractivity contribution in [2.45, 2.75) is 4.90 Å². The van der Waals surface area contributed by atoms with Crippen molar-refractivity contribution in [1.29, 1.82) is 0 Å². The van der Waals surface area contributed by atoms with Gasteiger partial charge in [0.25, 0.3) is 0 Å². The van der Waals surface area contributed by atoms with E-state index in [1.807, 2.05) is 0 Å². The third kappa shape index (κ3) is 3.07. The van der Waals surface area contributed by atoms with Crippen molar-refractivity contribution in [3.63, 3.8) is 0 Å². The maximum atomic E-state index is 14.0. The summed E-state index contributed by atoms with van der Waals surface area (Å²) in [5.41, 5.74) is -0.0800. The van der Waals surface area contributed by atoms with E-state index < -0.39 is 26.3 Å². The number of Topliss-reactive ketones (excluding diaryl/α,β-unsaturated/α-hetero) is 1. The van der Waals surface area contributed by atoms with Gasteiger partial charge in [0.05, 0.1) is 26.3 Å². The van der Waals surface area contributed by atoms with Crippen LogP contribution in [0.4, 0.5) is 4.39 Å². The fraction of sp³-hybridized carbons (Fsp3) is 0.417. The molecule has 6 nitrogen and oxygen atoms in total. The van der Waals surface area contributed by atoms with E-state index in [1.165, 1.54) is 14.2 Å². The van der Waals surface area contributed by atoms with Crippen LogP contribution in [0, 0.1) is 5.82 Å². The van der Waals surface area contributed by atoms with Gasteiger partial charge < -0.3 is 14.8 Å². The van der Waals surface area contributed by atoms with Crippen LogP contribution < -0.4 is 14.8 Å². The Labute approximate surface area is 116 Å². The molecule has 20 heavy (non-hydrogen) atoms. The molecule has 0 saturated heterocycles. The van der Waals surface area contributed by atoms with Crippen LogP contribution in [0.5, 0.6) is 11.5 Å². The topological polar surface area (TPSA) is 81.7 Å². The number of hydrogen-bond donors (Lipinski definition) is 1. The smallest absolute Gasteiger partial charge is 0.183 e. The lowest BCUT2D eigenvalue weighted by Gasteiger charge is -2.16. The van der Waals surface area contributed by atoms with Crippen LogP contribution >= 0.6 is 0 Å². The molecule has 0 fully saturated rings. The highest BCUT2D eigenvalue weighted by Crippen LogP contribution is 2.39. The van der Waals surface area contributed by atoms with Gasteiger partial charge in [-0.3, -0.25) is 4.79 Å². The van der Waals surface area contributed by atoms with E-state index in [1.54, 1.807) is 7.05 Å². The first-order valence-corrected chi connectivity index (χ1v) is 7.49. The van der Waals surface area contributed by atoms with Crippen molar-refractivity contribution in [3.8, 4) is 11.5 Å². The van der Waals surface area contributed by atoms with Gasteiger partial charge in [-0.1, -0.05) is 0 Å². The van der Waals surface area contributed by atoms with Crippen molar-refractivity contribution >= 4 is 15.6 Å². The second-order valence-corrected chi connectivity index (χ2v) is 5.98. The summed E-state index contributed by atoms with van der Waals surface area (Å²) in [5.74, 6) is -1.91. The van der Waals surface area contributed by atoms with Gasteiger partial charge in [0, 0.05) is 6.26 Å². The molecular weight excluding hydrogens is 289 g/mol. The van der Waals surface area contributed by atoms with Crippen molar-refractivity contribution < 1.29 is 27.1 Å². The molecule has 1 aromatic rings. The largest absolute Gasteiger partial charge is 0.492 e. The number of nitrogens with one attached hydrogen (secondary N) is 1. The molecule has 0 atom stereocenters. The Kier molecular flexibility index (Phi) is 5.07. The van der Waals surface area contributed by atoms with Crippen LogP contribution in [0.1, 0.15) is 10.4 Å². The Morgan fingerprint density at radius 3 is 2.25 bits per heavy atom. The standard InChI is InChI=1S/C12H16FNO5S/c1-14-6-9(15)7-5-8(13)12(20(4,16)17)11(19-3)10(7)18-2/h5,14H,6H2,1-4H3. The maximum Gasteiger partial charge on any atom is 0.183 e. The van der Waals surface area contributed by atoms with Crippen LogP contribution in [0.25, 0.3) is 0 Å². The van der Waals surface area contributed by atoms with E-state index in [-0.39, 0.29) is 23.6 Å². The van der Waals surface area contributed by atoms with E-state index in [0.29, 0.717) is 0 Å². The van der Waals surface area contributed by atoms with E-state index in [2.05, 4.69) is 5.32 Å². The lowest BCUT2D eigenvalue weighted by atomic mass is 10.1. The number of carbonyl (C=O) groups excluding carboxylic acids is 1. The summed E-state index contributed by atoms with van der Waals surface area (Å²) in [4.78, 5) is 11.3. The summed E-state index contributed by atoms with van der Waals surface area (Å²) in [6, 6.07) is 0.845. The molecule has 0 aliphatic rings. The molecule has 0 radical (unpaired) electrons. The van der Waals surface area contributed by atoms with Crippen molar-refractivity contribution in [1.82, 2.24) is 5.32 Å². The molecule has 0 unspecified atom stereocenters. The average Bonchev–Trinajstić information content (AvgIpc) is 2.35. The molecule has 1 rings (SSSR count). The lowest BCUT2D eigenvalue weighted by Crippen LogP contribution is -2.20. The summed E-state index contributed by atoms with van der Waals surface area (Å²) in [6.45, 7) is -0.0445. The summed E-state index contributed by atoms with van der Waals surface area (Å²) in [7, 11) is 0.115. The van der Waals surface area contributed by atoms with Gasteiger partial charge in [-0.25, -0.2) is 12.8 Å². The molecule has 0 amide bonds. The Morgan fingerprint density at radius 1 is 1.30 bits per heavy atom. The van der Waals surface area contributed by atoms with Gasteiger partial charge in [0.1, 0.15) is 10.7 Å². The molecule has 0 heterocycles. The highest BCUT2D eigenvalue weighted by atomic mass is 32.2. The van der Waals surface area contributed by atoms with Gasteiger partial charge in [-0.15, -0.1) is 0 Å². The second-order valence-electron chi connectivity index (χ2n) is 4.03. The first kappa shape index (κ1) is 16.4. The van der Waals surface area contributed by atoms with Crippen LogP contribution in [-0.4, -0.2) is 48.3 Å². The highest BCUT2D eigenvalue weighted by Gasteiger charge is 2.28. The molecule has 0 spiro atoms. The van der Waals surface area contributed by atoms with Gasteiger partial charge in [0.2, 0.25) is 0 Å². The second kappa shape index (κ2) is 6.19. The van der Waals surface area contributed by atoms with Crippen LogP contribution in [0.15, 0.2) is 11.0 Å². The highest BCUT2D eigenvalue weighted by molar-refractivity contribution is 7.90. The normalized spacial score (nSPS) is 11.2. The molecule has 1 aromatic carbocycles. The molecule has 0 aliphatic heterocycles. The predicted molar refractivity (Wildman–Crippen MR) is 70.9 cm³/mol. The predicted octanol–water partition coefficient (Wildman–Crippen LogP) is 0.649. The molecule has 0 aromatic heterocycles. The zero-order valence-electron chi connectivity index (χ0n) is 11.6. The maximum absolute atomic E-state index is 14.0. The Hall–Kier alpha value is -1.67. The number of halogens is 1. The third-order valence-corrected chi connectivity index (χ3v) is 3.68. The fourth-order valence-corrected chi connectivity index (χ4v) is 2.71. The lowest BCUT2D eigenvalue weighted by molar-refractivity contribution is 0.0989. The van der Waals surface area contributed by atoms with E-state index in [0.717, 1.165) is 12.3 Å². The van der Waals surface area contributed by atoms with Gasteiger partial charge in [-0.05, 0) is 13.1 Å². The van der Waals surface area contributed by atoms with Crippen molar-refractivity contribution in [2.75, 3.05) is 34.1 Å². The monoisotopic (exact) mass is 305 g/mol. The molecule has 0 saturated carbocycles. The summed E-state index contributed by atoms with van der Waals surface area (Å²) >= 11 is 0. The Balaban J connectivity index is 3.69. The Morgan fingerprint density at radius 2 is 1.85 bits per heavy atom. The molecule has 8 heteroatoms. The van der Waals surface area contributed by atoms with Crippen LogP contribution in [0.3, 0.4) is 0 Å². The van der Waals surface area contributed by atoms with E-state index >= 15 is 0 Å². The zero-order valence-corrected chi connectivity index (χ0v) is 12.4. The number of sulfone groups is 1. The molecule has 112 valence electrons. The summed E-state index contributed by atoms with van der Waals surface area (Å²) < 4.78 is 47.2. The van der Waals surface area contributed by atoms with Gasteiger partial charge >= 0.3 is 0 Å².